The van der Waals surface area contributed by atoms with Gasteiger partial charge in [0.1, 0.15) is 6.04 Å². The molecule has 0 aliphatic heterocycles. The van der Waals surface area contributed by atoms with E-state index in [4.69, 9.17) is 23.2 Å². The van der Waals surface area contributed by atoms with Crippen molar-refractivity contribution in [1.29, 1.82) is 0 Å². The highest BCUT2D eigenvalue weighted by Crippen LogP contribution is 2.25. The van der Waals surface area contributed by atoms with Gasteiger partial charge in [0.2, 0.25) is 11.8 Å². The van der Waals surface area contributed by atoms with E-state index < -0.39 is 6.04 Å². The maximum Gasteiger partial charge on any atom is 0.242 e. The number of rotatable bonds is 12. The molecule has 2 aromatic rings. The summed E-state index contributed by atoms with van der Waals surface area (Å²) < 4.78 is 0. The largest absolute Gasteiger partial charge is 0.354 e. The van der Waals surface area contributed by atoms with E-state index in [1.165, 1.54) is 11.8 Å². The minimum absolute atomic E-state index is 0.0548. The normalized spacial score (nSPS) is 11.8. The van der Waals surface area contributed by atoms with Gasteiger partial charge in [0, 0.05) is 28.9 Å². The zero-order valence-electron chi connectivity index (χ0n) is 19.0. The highest BCUT2D eigenvalue weighted by atomic mass is 35.5. The molecular formula is C25H32Cl2N2O2S. The van der Waals surface area contributed by atoms with Gasteiger partial charge in [-0.3, -0.25) is 9.59 Å². The summed E-state index contributed by atoms with van der Waals surface area (Å²) in [6.45, 7) is 7.09. The van der Waals surface area contributed by atoms with Crippen LogP contribution in [0.2, 0.25) is 10.0 Å². The summed E-state index contributed by atoms with van der Waals surface area (Å²) in [6, 6.07) is 12.9. The van der Waals surface area contributed by atoms with Crippen molar-refractivity contribution in [1.82, 2.24) is 10.2 Å². The van der Waals surface area contributed by atoms with Crippen LogP contribution in [-0.4, -0.2) is 35.1 Å². The van der Waals surface area contributed by atoms with Gasteiger partial charge in [0.15, 0.2) is 0 Å². The molecule has 1 N–H and O–H groups in total. The van der Waals surface area contributed by atoms with Crippen molar-refractivity contribution in [2.45, 2.75) is 58.4 Å². The molecule has 0 aromatic heterocycles. The molecule has 0 spiro atoms. The first-order valence-corrected chi connectivity index (χ1v) is 12.9. The van der Waals surface area contributed by atoms with Gasteiger partial charge in [0.25, 0.3) is 0 Å². The Hall–Kier alpha value is -1.69. The Labute approximate surface area is 206 Å². The SMILES string of the molecule is CCCCNC(=O)C(CC)N(Cc1ccccc1C)C(=O)CSCc1ccc(Cl)cc1Cl. The molecule has 4 nitrogen and oxygen atoms in total. The summed E-state index contributed by atoms with van der Waals surface area (Å²) in [5, 5.41) is 4.18. The number of carbonyl (C=O) groups excluding carboxylic acids is 2. The van der Waals surface area contributed by atoms with Crippen molar-refractivity contribution in [2.75, 3.05) is 12.3 Å². The zero-order valence-corrected chi connectivity index (χ0v) is 21.3. The number of halogens is 2. The van der Waals surface area contributed by atoms with E-state index in [0.717, 1.165) is 29.5 Å². The van der Waals surface area contributed by atoms with Crippen molar-refractivity contribution in [2.24, 2.45) is 0 Å². The molecule has 1 unspecified atom stereocenters. The number of hydrogen-bond donors (Lipinski definition) is 1. The van der Waals surface area contributed by atoms with E-state index >= 15 is 0 Å². The molecule has 0 saturated carbocycles. The summed E-state index contributed by atoms with van der Waals surface area (Å²) in [5.74, 6) is 0.720. The first-order chi connectivity index (χ1) is 15.4. The second-order valence-electron chi connectivity index (χ2n) is 7.75. The van der Waals surface area contributed by atoms with Crippen LogP contribution in [0.5, 0.6) is 0 Å². The lowest BCUT2D eigenvalue weighted by atomic mass is 10.1. The van der Waals surface area contributed by atoms with Crippen molar-refractivity contribution < 1.29 is 9.59 Å². The molecule has 0 fully saturated rings. The number of nitrogens with one attached hydrogen (secondary N) is 1. The molecule has 32 heavy (non-hydrogen) atoms. The first-order valence-electron chi connectivity index (χ1n) is 11.0. The zero-order chi connectivity index (χ0) is 23.5. The third-order valence-electron chi connectivity index (χ3n) is 5.32. The van der Waals surface area contributed by atoms with Crippen LogP contribution in [0.4, 0.5) is 0 Å². The van der Waals surface area contributed by atoms with E-state index in [2.05, 4.69) is 12.2 Å². The van der Waals surface area contributed by atoms with Gasteiger partial charge >= 0.3 is 0 Å². The van der Waals surface area contributed by atoms with Gasteiger partial charge < -0.3 is 10.2 Å². The fraction of sp³-hybridized carbons (Fsp3) is 0.440. The van der Waals surface area contributed by atoms with Crippen molar-refractivity contribution >= 4 is 46.8 Å². The lowest BCUT2D eigenvalue weighted by Gasteiger charge is -2.31. The van der Waals surface area contributed by atoms with Crippen molar-refractivity contribution in [3.63, 3.8) is 0 Å². The maximum absolute atomic E-state index is 13.3. The molecular weight excluding hydrogens is 463 g/mol. The quantitative estimate of drug-likeness (QED) is 0.354. The number of aryl methyl sites for hydroxylation is 1. The smallest absolute Gasteiger partial charge is 0.242 e. The Morgan fingerprint density at radius 1 is 1.09 bits per heavy atom. The van der Waals surface area contributed by atoms with Crippen LogP contribution < -0.4 is 5.32 Å². The first kappa shape index (κ1) is 26.6. The predicted octanol–water partition coefficient (Wildman–Crippen LogP) is 6.26. The molecule has 0 radical (unpaired) electrons. The van der Waals surface area contributed by atoms with E-state index in [0.29, 0.717) is 35.3 Å². The number of amides is 2. The lowest BCUT2D eigenvalue weighted by Crippen LogP contribution is -2.49. The van der Waals surface area contributed by atoms with Gasteiger partial charge in [0.05, 0.1) is 5.75 Å². The number of nitrogens with zero attached hydrogens (tertiary/aromatic N) is 1. The topological polar surface area (TPSA) is 49.4 Å². The third kappa shape index (κ3) is 8.02. The van der Waals surface area contributed by atoms with Gasteiger partial charge in [-0.05, 0) is 48.6 Å². The molecule has 0 aliphatic rings. The summed E-state index contributed by atoms with van der Waals surface area (Å²) >= 11 is 13.7. The van der Waals surface area contributed by atoms with E-state index in [9.17, 15) is 9.59 Å². The minimum Gasteiger partial charge on any atom is -0.354 e. The fourth-order valence-corrected chi connectivity index (χ4v) is 4.84. The number of carbonyl (C=O) groups is 2. The molecule has 2 aromatic carbocycles. The van der Waals surface area contributed by atoms with Crippen molar-refractivity contribution in [3.8, 4) is 0 Å². The van der Waals surface area contributed by atoms with Crippen LogP contribution in [0.25, 0.3) is 0 Å². The minimum atomic E-state index is -0.501. The van der Waals surface area contributed by atoms with Crippen LogP contribution in [0.3, 0.4) is 0 Å². The second-order valence-corrected chi connectivity index (χ2v) is 9.57. The molecule has 0 saturated heterocycles. The molecule has 2 rings (SSSR count). The molecule has 1 atom stereocenters. The Kier molecular flexibility index (Phi) is 11.4. The number of hydrogen-bond acceptors (Lipinski definition) is 3. The lowest BCUT2D eigenvalue weighted by molar-refractivity contribution is -0.139. The number of thioether (sulfide) groups is 1. The number of unbranched alkanes of at least 4 members (excludes halogenated alkanes) is 1. The van der Waals surface area contributed by atoms with Crippen LogP contribution >= 0.6 is 35.0 Å². The Balaban J connectivity index is 2.13. The van der Waals surface area contributed by atoms with Crippen LogP contribution in [0.1, 0.15) is 49.8 Å². The second kappa shape index (κ2) is 13.8. The van der Waals surface area contributed by atoms with Crippen LogP contribution in [0.15, 0.2) is 42.5 Å². The average molecular weight is 496 g/mol. The fourth-order valence-electron chi connectivity index (χ4n) is 3.37. The van der Waals surface area contributed by atoms with Crippen LogP contribution in [-0.2, 0) is 21.9 Å². The molecule has 0 heterocycles. The van der Waals surface area contributed by atoms with E-state index in [-0.39, 0.29) is 17.6 Å². The Morgan fingerprint density at radius 2 is 1.84 bits per heavy atom. The van der Waals surface area contributed by atoms with Gasteiger partial charge in [-0.2, -0.15) is 0 Å². The monoisotopic (exact) mass is 494 g/mol. The van der Waals surface area contributed by atoms with Crippen molar-refractivity contribution in [3.05, 3.63) is 69.2 Å². The Morgan fingerprint density at radius 3 is 2.50 bits per heavy atom. The predicted molar refractivity (Wildman–Crippen MR) is 136 cm³/mol. The third-order valence-corrected chi connectivity index (χ3v) is 6.87. The number of benzene rings is 2. The average Bonchev–Trinajstić information content (AvgIpc) is 2.76. The summed E-state index contributed by atoms with van der Waals surface area (Å²) in [5.41, 5.74) is 3.09. The van der Waals surface area contributed by atoms with E-state index in [1.54, 1.807) is 17.0 Å². The Bertz CT molecular complexity index is 907. The molecule has 174 valence electrons. The molecule has 0 bridgehead atoms. The maximum atomic E-state index is 13.3. The summed E-state index contributed by atoms with van der Waals surface area (Å²) in [6.07, 6.45) is 2.49. The summed E-state index contributed by atoms with van der Waals surface area (Å²) in [4.78, 5) is 27.9. The summed E-state index contributed by atoms with van der Waals surface area (Å²) in [7, 11) is 0. The molecule has 0 aliphatic carbocycles. The van der Waals surface area contributed by atoms with Crippen LogP contribution in [0, 0.1) is 6.92 Å². The van der Waals surface area contributed by atoms with Gasteiger partial charge in [-0.1, -0.05) is 73.8 Å². The van der Waals surface area contributed by atoms with E-state index in [1.807, 2.05) is 44.2 Å². The highest BCUT2D eigenvalue weighted by molar-refractivity contribution is 7.99. The van der Waals surface area contributed by atoms with Gasteiger partial charge in [-0.15, -0.1) is 11.8 Å². The standard InChI is InChI=1S/C25H32Cl2N2O2S/c1-4-6-13-28-25(31)23(5-2)29(15-19-10-8-7-9-18(19)3)24(30)17-32-16-20-11-12-21(26)14-22(20)27/h7-12,14,23H,4-6,13,15-17H2,1-3H3,(H,28,31). The highest BCUT2D eigenvalue weighted by Gasteiger charge is 2.28. The molecule has 7 heteroatoms. The van der Waals surface area contributed by atoms with Gasteiger partial charge in [-0.25, -0.2) is 0 Å². The molecule has 2 amide bonds.